The maximum absolute atomic E-state index is 9.71. The molecule has 0 bridgehead atoms. The Bertz CT molecular complexity index is 674. The predicted octanol–water partition coefficient (Wildman–Crippen LogP) is 5.87. The van der Waals surface area contributed by atoms with Crippen LogP contribution < -0.4 is 0 Å². The Kier molecular flexibility index (Phi) is 7.19. The number of pyridine rings is 1. The van der Waals surface area contributed by atoms with Crippen molar-refractivity contribution < 1.29 is 5.11 Å². The molecule has 136 valence electrons. The predicted molar refractivity (Wildman–Crippen MR) is 107 cm³/mol. The van der Waals surface area contributed by atoms with E-state index in [1.165, 1.54) is 40.8 Å². The average Bonchev–Trinajstić information content (AvgIpc) is 2.60. The molecular formula is C23H33NO. The number of rotatable bonds is 8. The van der Waals surface area contributed by atoms with E-state index in [1.54, 1.807) is 0 Å². The second kappa shape index (κ2) is 9.15. The van der Waals surface area contributed by atoms with Crippen LogP contribution in [0.5, 0.6) is 0 Å². The molecule has 2 rings (SSSR count). The molecule has 0 unspecified atom stereocenters. The second-order valence-electron chi connectivity index (χ2n) is 7.47. The van der Waals surface area contributed by atoms with Crippen molar-refractivity contribution in [2.75, 3.05) is 6.61 Å². The van der Waals surface area contributed by atoms with E-state index in [-0.39, 0.29) is 6.61 Å². The summed E-state index contributed by atoms with van der Waals surface area (Å²) in [5.41, 5.74) is 7.58. The first-order valence-electron chi connectivity index (χ1n) is 9.73. The highest BCUT2D eigenvalue weighted by molar-refractivity contribution is 5.73. The van der Waals surface area contributed by atoms with E-state index < -0.39 is 0 Å². The first-order valence-corrected chi connectivity index (χ1v) is 9.73. The molecule has 1 heterocycles. The van der Waals surface area contributed by atoms with Crippen LogP contribution in [0, 0.1) is 0 Å². The summed E-state index contributed by atoms with van der Waals surface area (Å²) >= 11 is 0. The molecule has 0 aliphatic carbocycles. The van der Waals surface area contributed by atoms with Crippen molar-refractivity contribution in [2.24, 2.45) is 0 Å². The van der Waals surface area contributed by atoms with E-state index in [0.29, 0.717) is 18.3 Å². The van der Waals surface area contributed by atoms with Gasteiger partial charge >= 0.3 is 0 Å². The summed E-state index contributed by atoms with van der Waals surface area (Å²) in [5, 5.41) is 9.71. The van der Waals surface area contributed by atoms with Crippen LogP contribution in [0.15, 0.2) is 30.3 Å². The first-order chi connectivity index (χ1) is 12.0. The minimum atomic E-state index is 0.162. The van der Waals surface area contributed by atoms with E-state index in [2.05, 4.69) is 65.0 Å². The van der Waals surface area contributed by atoms with Crippen molar-refractivity contribution >= 4 is 0 Å². The number of nitrogens with zero attached hydrogens (tertiary/aromatic N) is 1. The highest BCUT2D eigenvalue weighted by Crippen LogP contribution is 2.37. The maximum Gasteiger partial charge on any atom is 0.0472 e. The molecule has 0 aliphatic heterocycles. The second-order valence-corrected chi connectivity index (χ2v) is 7.47. The Morgan fingerprint density at radius 1 is 0.880 bits per heavy atom. The molecule has 1 aromatic carbocycles. The molecular weight excluding hydrogens is 306 g/mol. The fraction of sp³-hybridized carbons (Fsp3) is 0.522. The number of hydrogen-bond acceptors (Lipinski definition) is 2. The molecule has 0 atom stereocenters. The lowest BCUT2D eigenvalue weighted by molar-refractivity contribution is 0.299. The van der Waals surface area contributed by atoms with Crippen LogP contribution in [-0.2, 0) is 12.8 Å². The molecule has 0 fully saturated rings. The van der Waals surface area contributed by atoms with Crippen LogP contribution in [0.3, 0.4) is 0 Å². The molecule has 25 heavy (non-hydrogen) atoms. The molecule has 2 heteroatoms. The molecule has 0 radical (unpaired) electrons. The van der Waals surface area contributed by atoms with Crippen molar-refractivity contribution in [3.8, 4) is 11.1 Å². The highest BCUT2D eigenvalue weighted by Gasteiger charge is 2.22. The van der Waals surface area contributed by atoms with Gasteiger partial charge in [0.25, 0.3) is 0 Å². The Morgan fingerprint density at radius 3 is 1.92 bits per heavy atom. The monoisotopic (exact) mass is 339 g/mol. The Morgan fingerprint density at radius 2 is 1.44 bits per heavy atom. The quantitative estimate of drug-likeness (QED) is 0.652. The van der Waals surface area contributed by atoms with Crippen LogP contribution in [0.2, 0.25) is 0 Å². The highest BCUT2D eigenvalue weighted by atomic mass is 16.2. The zero-order chi connectivity index (χ0) is 18.4. The molecule has 1 N–H and O–H groups in total. The van der Waals surface area contributed by atoms with Gasteiger partial charge in [-0.3, -0.25) is 4.98 Å². The summed E-state index contributed by atoms with van der Waals surface area (Å²) in [5.74, 6) is 0.747. The molecule has 0 saturated carbocycles. The van der Waals surface area contributed by atoms with Crippen molar-refractivity contribution in [1.82, 2.24) is 4.98 Å². The fourth-order valence-corrected chi connectivity index (χ4v) is 3.58. The number of hydrogen-bond donors (Lipinski definition) is 1. The zero-order valence-electron chi connectivity index (χ0n) is 16.5. The summed E-state index contributed by atoms with van der Waals surface area (Å²) < 4.78 is 0. The molecule has 0 amide bonds. The molecule has 0 aliphatic rings. The molecule has 2 nitrogen and oxygen atoms in total. The maximum atomic E-state index is 9.71. The van der Waals surface area contributed by atoms with Gasteiger partial charge in [-0.2, -0.15) is 0 Å². The van der Waals surface area contributed by atoms with E-state index in [0.717, 1.165) is 12.1 Å². The Hall–Kier alpha value is -1.67. The van der Waals surface area contributed by atoms with Crippen LogP contribution in [0.4, 0.5) is 0 Å². The SMILES string of the molecule is CCCCc1c(C(C)C)nc(C(C)C)c(CCO)c1-c1ccccc1. The van der Waals surface area contributed by atoms with E-state index in [4.69, 9.17) is 4.98 Å². The van der Waals surface area contributed by atoms with Crippen LogP contribution in [0.1, 0.15) is 81.8 Å². The van der Waals surface area contributed by atoms with Crippen molar-refractivity contribution in [3.63, 3.8) is 0 Å². The van der Waals surface area contributed by atoms with Crippen LogP contribution in [-0.4, -0.2) is 16.7 Å². The van der Waals surface area contributed by atoms with Gasteiger partial charge in [-0.25, -0.2) is 0 Å². The summed E-state index contributed by atoms with van der Waals surface area (Å²) in [6.07, 6.45) is 4.06. The van der Waals surface area contributed by atoms with Crippen molar-refractivity contribution in [3.05, 3.63) is 52.8 Å². The van der Waals surface area contributed by atoms with Gasteiger partial charge in [0, 0.05) is 18.0 Å². The molecule has 0 spiro atoms. The molecule has 1 aromatic heterocycles. The minimum absolute atomic E-state index is 0.162. The third-order valence-electron chi connectivity index (χ3n) is 4.76. The van der Waals surface area contributed by atoms with Gasteiger partial charge in [0.05, 0.1) is 0 Å². The van der Waals surface area contributed by atoms with E-state index >= 15 is 0 Å². The Balaban J connectivity index is 2.84. The number of aliphatic hydroxyl groups excluding tert-OH is 1. The van der Waals surface area contributed by atoms with Gasteiger partial charge in [0.1, 0.15) is 0 Å². The number of benzene rings is 1. The van der Waals surface area contributed by atoms with Gasteiger partial charge < -0.3 is 5.11 Å². The van der Waals surface area contributed by atoms with Crippen molar-refractivity contribution in [2.45, 2.75) is 72.1 Å². The normalized spacial score (nSPS) is 11.5. The van der Waals surface area contributed by atoms with E-state index in [1.807, 2.05) is 0 Å². The first kappa shape index (κ1) is 19.7. The van der Waals surface area contributed by atoms with Crippen molar-refractivity contribution in [1.29, 1.82) is 0 Å². The third kappa shape index (κ3) is 4.49. The van der Waals surface area contributed by atoms with Gasteiger partial charge in [0.2, 0.25) is 0 Å². The zero-order valence-corrected chi connectivity index (χ0v) is 16.5. The van der Waals surface area contributed by atoms with Gasteiger partial charge in [-0.05, 0) is 53.4 Å². The lowest BCUT2D eigenvalue weighted by atomic mass is 9.84. The smallest absolute Gasteiger partial charge is 0.0472 e. The fourth-order valence-electron chi connectivity index (χ4n) is 3.58. The number of aliphatic hydroxyl groups is 1. The largest absolute Gasteiger partial charge is 0.396 e. The van der Waals surface area contributed by atoms with Gasteiger partial charge in [-0.1, -0.05) is 71.4 Å². The van der Waals surface area contributed by atoms with Crippen LogP contribution in [0.25, 0.3) is 11.1 Å². The van der Waals surface area contributed by atoms with Gasteiger partial charge in [0.15, 0.2) is 0 Å². The third-order valence-corrected chi connectivity index (χ3v) is 4.76. The standard InChI is InChI=1S/C23H33NO/c1-6-7-13-19-21(18-11-9-8-10-12-18)20(14-15-25)23(17(4)5)24-22(19)16(2)3/h8-12,16-17,25H,6-7,13-15H2,1-5H3. The van der Waals surface area contributed by atoms with E-state index in [9.17, 15) is 5.11 Å². The average molecular weight is 340 g/mol. The Labute approximate surface area is 153 Å². The van der Waals surface area contributed by atoms with Crippen LogP contribution >= 0.6 is 0 Å². The lowest BCUT2D eigenvalue weighted by Gasteiger charge is -2.25. The topological polar surface area (TPSA) is 33.1 Å². The number of unbranched alkanes of at least 4 members (excludes halogenated alkanes) is 1. The summed E-state index contributed by atoms with van der Waals surface area (Å²) in [4.78, 5) is 5.12. The minimum Gasteiger partial charge on any atom is -0.396 e. The molecule has 0 saturated heterocycles. The summed E-state index contributed by atoms with van der Waals surface area (Å²) in [6, 6.07) is 10.7. The molecule has 2 aromatic rings. The summed E-state index contributed by atoms with van der Waals surface area (Å²) in [7, 11) is 0. The summed E-state index contributed by atoms with van der Waals surface area (Å²) in [6.45, 7) is 11.3. The van der Waals surface area contributed by atoms with Gasteiger partial charge in [-0.15, -0.1) is 0 Å². The lowest BCUT2D eigenvalue weighted by Crippen LogP contribution is -2.13. The number of aromatic nitrogens is 1.